The topological polar surface area (TPSA) is 78.8 Å². The lowest BCUT2D eigenvalue weighted by molar-refractivity contribution is 0.0613. The summed E-state index contributed by atoms with van der Waals surface area (Å²) in [4.78, 5) is 19.3. The number of aryl methyl sites for hydroxylation is 1. The van der Waals surface area contributed by atoms with Crippen LogP contribution in [0.15, 0.2) is 16.9 Å². The van der Waals surface area contributed by atoms with Crippen LogP contribution in [-0.2, 0) is 7.05 Å². The zero-order chi connectivity index (χ0) is 16.6. The molecule has 0 aliphatic carbocycles. The lowest BCUT2D eigenvalue weighted by Gasteiger charge is -2.35. The van der Waals surface area contributed by atoms with E-state index in [4.69, 9.17) is 0 Å². The van der Waals surface area contributed by atoms with E-state index in [0.29, 0.717) is 18.8 Å². The average molecular weight is 418 g/mol. The zero-order valence-electron chi connectivity index (χ0n) is 13.9. The Hall–Kier alpha value is -1.38. The highest BCUT2D eigenvalue weighted by Crippen LogP contribution is 2.29. The van der Waals surface area contributed by atoms with Crippen LogP contribution in [0.5, 0.6) is 0 Å². The lowest BCUT2D eigenvalue weighted by atomic mass is 10.1. The van der Waals surface area contributed by atoms with E-state index in [1.807, 2.05) is 22.7 Å². The molecule has 0 radical (unpaired) electrons. The molecule has 3 rings (SSSR count). The Morgan fingerprint density at radius 1 is 1.46 bits per heavy atom. The van der Waals surface area contributed by atoms with E-state index in [1.165, 1.54) is 0 Å². The van der Waals surface area contributed by atoms with Crippen LogP contribution >= 0.6 is 28.3 Å². The van der Waals surface area contributed by atoms with E-state index in [2.05, 4.69) is 50.3 Å². The number of carbonyl (C=O) groups is 1. The summed E-state index contributed by atoms with van der Waals surface area (Å²) in [5.74, 6) is 1.07. The predicted molar refractivity (Wildman–Crippen MR) is 97.5 cm³/mol. The maximum atomic E-state index is 13.0. The molecule has 24 heavy (non-hydrogen) atoms. The van der Waals surface area contributed by atoms with Gasteiger partial charge in [0.15, 0.2) is 5.69 Å². The minimum absolute atomic E-state index is 0. The molecule has 0 bridgehead atoms. The number of aromatic amines is 1. The van der Waals surface area contributed by atoms with Crippen molar-refractivity contribution < 1.29 is 4.79 Å². The highest BCUT2D eigenvalue weighted by molar-refractivity contribution is 9.10. The van der Waals surface area contributed by atoms with Gasteiger partial charge in [-0.1, -0.05) is 13.8 Å². The lowest BCUT2D eigenvalue weighted by Crippen LogP contribution is -2.49. The Morgan fingerprint density at radius 2 is 2.21 bits per heavy atom. The van der Waals surface area contributed by atoms with Crippen LogP contribution in [-0.4, -0.2) is 50.2 Å². The number of halogens is 2. The fourth-order valence-corrected chi connectivity index (χ4v) is 3.68. The number of piperazine rings is 1. The molecular formula is C15H22BrClN6O. The van der Waals surface area contributed by atoms with Crippen molar-refractivity contribution in [1.82, 2.24) is 30.0 Å². The maximum Gasteiger partial charge on any atom is 0.276 e. The Balaban J connectivity index is 0.00000208. The summed E-state index contributed by atoms with van der Waals surface area (Å²) < 4.78 is 2.71. The Labute approximate surface area is 155 Å². The number of nitrogens with one attached hydrogen (secondary N) is 2. The number of hydrogen-bond acceptors (Lipinski definition) is 4. The van der Waals surface area contributed by atoms with Gasteiger partial charge in [-0.15, -0.1) is 12.4 Å². The molecule has 1 saturated heterocycles. The molecule has 132 valence electrons. The SMILES string of the molecule is CC(C)c1[nH]nc(C(=O)N2CCNCC2c2nccn2C)c1Br.Cl. The third kappa shape index (κ3) is 3.36. The van der Waals surface area contributed by atoms with Gasteiger partial charge in [-0.2, -0.15) is 5.10 Å². The summed E-state index contributed by atoms with van der Waals surface area (Å²) in [5, 5.41) is 10.6. The largest absolute Gasteiger partial charge is 0.336 e. The number of nitrogens with zero attached hydrogens (tertiary/aromatic N) is 4. The van der Waals surface area contributed by atoms with Crippen molar-refractivity contribution in [3.05, 3.63) is 34.1 Å². The first-order chi connectivity index (χ1) is 11.0. The van der Waals surface area contributed by atoms with Gasteiger partial charge >= 0.3 is 0 Å². The Bertz CT molecular complexity index is 713. The third-order valence-electron chi connectivity index (χ3n) is 4.17. The van der Waals surface area contributed by atoms with Gasteiger partial charge < -0.3 is 14.8 Å². The van der Waals surface area contributed by atoms with E-state index in [-0.39, 0.29) is 30.3 Å². The number of imidazole rings is 1. The fraction of sp³-hybridized carbons (Fsp3) is 0.533. The molecular weight excluding hydrogens is 396 g/mol. The molecule has 9 heteroatoms. The minimum Gasteiger partial charge on any atom is -0.336 e. The van der Waals surface area contributed by atoms with Gasteiger partial charge in [0.1, 0.15) is 11.9 Å². The summed E-state index contributed by atoms with van der Waals surface area (Å²) in [5.41, 5.74) is 1.38. The van der Waals surface area contributed by atoms with Gasteiger partial charge in [0.25, 0.3) is 5.91 Å². The summed E-state index contributed by atoms with van der Waals surface area (Å²) in [6, 6.07) is -0.0950. The minimum atomic E-state index is -0.0950. The van der Waals surface area contributed by atoms with Crippen molar-refractivity contribution in [2.24, 2.45) is 7.05 Å². The normalized spacial score (nSPS) is 17.9. The molecule has 0 saturated carbocycles. The second-order valence-corrected chi connectivity index (χ2v) is 6.86. The molecule has 2 aromatic rings. The molecule has 2 aromatic heterocycles. The third-order valence-corrected chi connectivity index (χ3v) is 4.98. The molecule has 7 nitrogen and oxygen atoms in total. The smallest absolute Gasteiger partial charge is 0.276 e. The van der Waals surface area contributed by atoms with Crippen LogP contribution in [0.25, 0.3) is 0 Å². The number of H-pyrrole nitrogens is 1. The highest BCUT2D eigenvalue weighted by atomic mass is 79.9. The molecule has 2 N–H and O–H groups in total. The number of carbonyl (C=O) groups excluding carboxylic acids is 1. The van der Waals surface area contributed by atoms with E-state index >= 15 is 0 Å². The van der Waals surface area contributed by atoms with Crippen molar-refractivity contribution in [1.29, 1.82) is 0 Å². The number of amides is 1. The van der Waals surface area contributed by atoms with Crippen molar-refractivity contribution in [2.45, 2.75) is 25.8 Å². The number of aromatic nitrogens is 4. The molecule has 1 unspecified atom stereocenters. The highest BCUT2D eigenvalue weighted by Gasteiger charge is 2.33. The van der Waals surface area contributed by atoms with Gasteiger partial charge in [0, 0.05) is 39.1 Å². The first-order valence-electron chi connectivity index (χ1n) is 7.73. The van der Waals surface area contributed by atoms with E-state index in [1.54, 1.807) is 6.20 Å². The maximum absolute atomic E-state index is 13.0. The summed E-state index contributed by atoms with van der Waals surface area (Å²) in [7, 11) is 1.95. The number of hydrogen-bond donors (Lipinski definition) is 2. The monoisotopic (exact) mass is 416 g/mol. The summed E-state index contributed by atoms with van der Waals surface area (Å²) in [6.07, 6.45) is 3.65. The van der Waals surface area contributed by atoms with Gasteiger partial charge in [0.2, 0.25) is 0 Å². The van der Waals surface area contributed by atoms with Crippen molar-refractivity contribution in [3.63, 3.8) is 0 Å². The van der Waals surface area contributed by atoms with Crippen molar-refractivity contribution in [3.8, 4) is 0 Å². The number of rotatable bonds is 3. The fourth-order valence-electron chi connectivity index (χ4n) is 2.88. The molecule has 1 atom stereocenters. The van der Waals surface area contributed by atoms with Crippen LogP contribution in [0, 0.1) is 0 Å². The Morgan fingerprint density at radius 3 is 2.79 bits per heavy atom. The van der Waals surface area contributed by atoms with Gasteiger partial charge in [0.05, 0.1) is 10.2 Å². The molecule has 1 amide bonds. The van der Waals surface area contributed by atoms with Crippen LogP contribution in [0.1, 0.15) is 47.8 Å². The van der Waals surface area contributed by atoms with Crippen molar-refractivity contribution >= 4 is 34.2 Å². The quantitative estimate of drug-likeness (QED) is 0.803. The standard InChI is InChI=1S/C15H21BrN6O.ClH/c1-9(2)12-11(16)13(20-19-12)15(23)22-7-4-17-8-10(22)14-18-5-6-21(14)3;/h5-6,9-10,17H,4,7-8H2,1-3H3,(H,19,20);1H. The zero-order valence-corrected chi connectivity index (χ0v) is 16.3. The molecule has 1 aliphatic heterocycles. The average Bonchev–Trinajstić information content (AvgIpc) is 3.12. The van der Waals surface area contributed by atoms with Crippen LogP contribution < -0.4 is 5.32 Å². The van der Waals surface area contributed by atoms with Gasteiger partial charge in [-0.25, -0.2) is 4.98 Å². The Kier molecular flexibility index (Phi) is 6.06. The van der Waals surface area contributed by atoms with Crippen LogP contribution in [0.4, 0.5) is 0 Å². The molecule has 0 aromatic carbocycles. The van der Waals surface area contributed by atoms with Gasteiger partial charge in [-0.05, 0) is 21.8 Å². The first kappa shape index (κ1) is 19.0. The van der Waals surface area contributed by atoms with Crippen LogP contribution in [0.3, 0.4) is 0 Å². The summed E-state index contributed by atoms with van der Waals surface area (Å²) in [6.45, 7) is 6.22. The summed E-state index contributed by atoms with van der Waals surface area (Å²) >= 11 is 3.52. The second-order valence-electron chi connectivity index (χ2n) is 6.07. The molecule has 0 spiro atoms. The van der Waals surface area contributed by atoms with E-state index in [9.17, 15) is 4.79 Å². The predicted octanol–water partition coefficient (Wildman–Crippen LogP) is 2.24. The molecule has 3 heterocycles. The van der Waals surface area contributed by atoms with E-state index < -0.39 is 0 Å². The van der Waals surface area contributed by atoms with Gasteiger partial charge in [-0.3, -0.25) is 9.89 Å². The van der Waals surface area contributed by atoms with Crippen molar-refractivity contribution in [2.75, 3.05) is 19.6 Å². The first-order valence-corrected chi connectivity index (χ1v) is 8.52. The molecule has 1 aliphatic rings. The second kappa shape index (κ2) is 7.67. The van der Waals surface area contributed by atoms with Crippen LogP contribution in [0.2, 0.25) is 0 Å². The van der Waals surface area contributed by atoms with E-state index in [0.717, 1.165) is 22.5 Å². The molecule has 1 fully saturated rings.